The van der Waals surface area contributed by atoms with Crippen molar-refractivity contribution in [1.82, 2.24) is 15.5 Å². The van der Waals surface area contributed by atoms with Gasteiger partial charge >= 0.3 is 0 Å². The smallest absolute Gasteiger partial charge is 0.243 e. The Morgan fingerprint density at radius 1 is 1.17 bits per heavy atom. The molecule has 1 amide bonds. The van der Waals surface area contributed by atoms with Crippen LogP contribution in [0.15, 0.2) is 29.3 Å². The van der Waals surface area contributed by atoms with Gasteiger partial charge in [-0.05, 0) is 31.7 Å². The Balaban J connectivity index is 1.48. The van der Waals surface area contributed by atoms with Crippen LogP contribution >= 0.6 is 0 Å². The Morgan fingerprint density at radius 2 is 1.97 bits per heavy atom. The Labute approximate surface area is 179 Å². The molecule has 7 nitrogen and oxygen atoms in total. The molecule has 4 rings (SSSR count). The van der Waals surface area contributed by atoms with Crippen molar-refractivity contribution >= 4 is 11.9 Å². The van der Waals surface area contributed by atoms with Crippen molar-refractivity contribution in [3.05, 3.63) is 29.8 Å². The van der Waals surface area contributed by atoms with Gasteiger partial charge in [0.15, 0.2) is 5.96 Å². The monoisotopic (exact) mass is 414 g/mol. The van der Waals surface area contributed by atoms with E-state index in [0.717, 1.165) is 50.0 Å². The minimum Gasteiger partial charge on any atom is -0.493 e. The van der Waals surface area contributed by atoms with E-state index in [0.29, 0.717) is 18.6 Å². The van der Waals surface area contributed by atoms with Crippen molar-refractivity contribution in [3.8, 4) is 5.75 Å². The molecule has 7 heteroatoms. The number of hydrogen-bond donors (Lipinski definition) is 2. The first-order valence-corrected chi connectivity index (χ1v) is 11.2. The highest BCUT2D eigenvalue weighted by atomic mass is 16.5. The molecule has 0 aromatic heterocycles. The lowest BCUT2D eigenvalue weighted by Gasteiger charge is -2.39. The van der Waals surface area contributed by atoms with E-state index in [1.54, 1.807) is 19.0 Å². The summed E-state index contributed by atoms with van der Waals surface area (Å²) in [6, 6.07) is 8.53. The van der Waals surface area contributed by atoms with Gasteiger partial charge in [-0.15, -0.1) is 0 Å². The second-order valence-corrected chi connectivity index (χ2v) is 8.90. The predicted octanol–water partition coefficient (Wildman–Crippen LogP) is 2.63. The number of fused-ring (bicyclic) bond motifs is 1. The molecule has 164 valence electrons. The molecule has 2 aliphatic heterocycles. The highest BCUT2D eigenvalue weighted by Gasteiger charge is 2.40. The third-order valence-corrected chi connectivity index (χ3v) is 6.49. The van der Waals surface area contributed by atoms with Crippen molar-refractivity contribution in [2.24, 2.45) is 4.99 Å². The van der Waals surface area contributed by atoms with E-state index in [4.69, 9.17) is 9.47 Å². The van der Waals surface area contributed by atoms with Gasteiger partial charge in [0.25, 0.3) is 0 Å². The maximum absolute atomic E-state index is 12.2. The van der Waals surface area contributed by atoms with Crippen LogP contribution in [0.1, 0.15) is 56.6 Å². The minimum absolute atomic E-state index is 0.0114. The highest BCUT2D eigenvalue weighted by Crippen LogP contribution is 2.40. The number of likely N-dealkylation sites (N-methyl/N-ethyl adjacent to an activating group) is 1. The molecule has 2 N–H and O–H groups in total. The maximum atomic E-state index is 12.2. The summed E-state index contributed by atoms with van der Waals surface area (Å²) in [5.74, 6) is 1.61. The normalized spacial score (nSPS) is 25.3. The number of guanidine groups is 1. The third kappa shape index (κ3) is 4.89. The molecular formula is C23H34N4O3. The summed E-state index contributed by atoms with van der Waals surface area (Å²) in [6.07, 6.45) is 7.62. The topological polar surface area (TPSA) is 75.2 Å². The molecule has 2 fully saturated rings. The zero-order chi connectivity index (χ0) is 21.0. The molecule has 0 bridgehead atoms. The van der Waals surface area contributed by atoms with Gasteiger partial charge in [-0.3, -0.25) is 4.79 Å². The Bertz CT molecular complexity index is 773. The van der Waals surface area contributed by atoms with E-state index in [2.05, 4.69) is 21.7 Å². The first kappa shape index (κ1) is 21.0. The standard InChI is InChI=1S/C23H34N4O3/c1-27(2)21(28)16-24-22(25-17-9-14-30-23(15-17)11-5-6-12-23)26-19-10-13-29-20-8-4-3-7-18(19)20/h3-4,7-8,17,19H,5-6,9-16H2,1-2H3,(H2,24,25,26). The number of hydrogen-bond acceptors (Lipinski definition) is 4. The number of para-hydroxylation sites is 1. The lowest BCUT2D eigenvalue weighted by atomic mass is 9.89. The summed E-state index contributed by atoms with van der Waals surface area (Å²) in [5.41, 5.74) is 1.17. The lowest BCUT2D eigenvalue weighted by Crippen LogP contribution is -2.51. The van der Waals surface area contributed by atoms with Gasteiger partial charge in [-0.2, -0.15) is 0 Å². The van der Waals surface area contributed by atoms with E-state index in [9.17, 15) is 4.79 Å². The fourth-order valence-corrected chi connectivity index (χ4v) is 4.79. The van der Waals surface area contributed by atoms with E-state index >= 15 is 0 Å². The molecule has 1 aromatic rings. The molecule has 3 aliphatic rings. The number of carbonyl (C=O) groups excluding carboxylic acids is 1. The fourth-order valence-electron chi connectivity index (χ4n) is 4.79. The third-order valence-electron chi connectivity index (χ3n) is 6.49. The van der Waals surface area contributed by atoms with Gasteiger partial charge < -0.3 is 25.0 Å². The van der Waals surface area contributed by atoms with Crippen LogP contribution in [0.5, 0.6) is 5.75 Å². The van der Waals surface area contributed by atoms with Crippen LogP contribution in [-0.4, -0.2) is 62.3 Å². The Kier molecular flexibility index (Phi) is 6.46. The van der Waals surface area contributed by atoms with Crippen molar-refractivity contribution in [3.63, 3.8) is 0 Å². The number of nitrogens with one attached hydrogen (secondary N) is 2. The molecular weight excluding hydrogens is 380 g/mol. The molecule has 0 radical (unpaired) electrons. The van der Waals surface area contributed by atoms with Crippen LogP contribution in [0.4, 0.5) is 0 Å². The van der Waals surface area contributed by atoms with Crippen LogP contribution < -0.4 is 15.4 Å². The lowest BCUT2D eigenvalue weighted by molar-refractivity contribution is -0.127. The van der Waals surface area contributed by atoms with E-state index in [1.807, 2.05) is 18.2 Å². The summed E-state index contributed by atoms with van der Waals surface area (Å²) in [7, 11) is 3.52. The van der Waals surface area contributed by atoms with Crippen molar-refractivity contribution in [1.29, 1.82) is 0 Å². The largest absolute Gasteiger partial charge is 0.493 e. The predicted molar refractivity (Wildman–Crippen MR) is 117 cm³/mol. The van der Waals surface area contributed by atoms with E-state index in [1.165, 1.54) is 12.8 Å². The van der Waals surface area contributed by atoms with E-state index in [-0.39, 0.29) is 24.1 Å². The first-order valence-electron chi connectivity index (χ1n) is 11.2. The van der Waals surface area contributed by atoms with Crippen LogP contribution in [0.25, 0.3) is 0 Å². The number of carbonyl (C=O) groups is 1. The molecule has 2 atom stereocenters. The number of aliphatic imine (C=N–C) groups is 1. The second kappa shape index (κ2) is 9.25. The van der Waals surface area contributed by atoms with Crippen molar-refractivity contribution < 1.29 is 14.3 Å². The number of ether oxygens (including phenoxy) is 2. The van der Waals surface area contributed by atoms with Gasteiger partial charge in [0, 0.05) is 38.7 Å². The summed E-state index contributed by atoms with van der Waals surface area (Å²) in [6.45, 7) is 1.57. The van der Waals surface area contributed by atoms with Gasteiger partial charge in [0.1, 0.15) is 12.3 Å². The average molecular weight is 415 g/mol. The Hall–Kier alpha value is -2.28. The first-order chi connectivity index (χ1) is 14.5. The molecule has 1 saturated heterocycles. The second-order valence-electron chi connectivity index (χ2n) is 8.90. The van der Waals surface area contributed by atoms with Crippen LogP contribution in [0, 0.1) is 0 Å². The molecule has 2 unspecified atom stereocenters. The average Bonchev–Trinajstić information content (AvgIpc) is 3.19. The summed E-state index contributed by atoms with van der Waals surface area (Å²) in [4.78, 5) is 18.4. The molecule has 1 spiro atoms. The molecule has 1 aliphatic carbocycles. The number of rotatable bonds is 4. The summed E-state index contributed by atoms with van der Waals surface area (Å²) >= 11 is 0. The zero-order valence-electron chi connectivity index (χ0n) is 18.2. The Morgan fingerprint density at radius 3 is 2.77 bits per heavy atom. The molecule has 1 aromatic carbocycles. The van der Waals surface area contributed by atoms with Gasteiger partial charge in [-0.1, -0.05) is 31.0 Å². The van der Waals surface area contributed by atoms with Crippen LogP contribution in [-0.2, 0) is 9.53 Å². The summed E-state index contributed by atoms with van der Waals surface area (Å²) < 4.78 is 12.0. The number of nitrogens with zero attached hydrogens (tertiary/aromatic N) is 2. The number of amides is 1. The number of benzene rings is 1. The summed E-state index contributed by atoms with van der Waals surface area (Å²) in [5, 5.41) is 7.21. The van der Waals surface area contributed by atoms with E-state index < -0.39 is 0 Å². The van der Waals surface area contributed by atoms with Gasteiger partial charge in [-0.25, -0.2) is 4.99 Å². The van der Waals surface area contributed by atoms with Gasteiger partial charge in [0.05, 0.1) is 18.2 Å². The fraction of sp³-hybridized carbons (Fsp3) is 0.652. The van der Waals surface area contributed by atoms with Crippen molar-refractivity contribution in [2.45, 2.75) is 62.6 Å². The molecule has 1 saturated carbocycles. The van der Waals surface area contributed by atoms with Crippen LogP contribution in [0.2, 0.25) is 0 Å². The zero-order valence-corrected chi connectivity index (χ0v) is 18.2. The van der Waals surface area contributed by atoms with Crippen molar-refractivity contribution in [2.75, 3.05) is 33.9 Å². The quantitative estimate of drug-likeness (QED) is 0.585. The SMILES string of the molecule is CN(C)C(=O)CN=C(NC1CCOC2(CCCC2)C1)NC1CCOc2ccccc21. The molecule has 30 heavy (non-hydrogen) atoms. The maximum Gasteiger partial charge on any atom is 0.243 e. The minimum atomic E-state index is -0.0114. The highest BCUT2D eigenvalue weighted by molar-refractivity contribution is 5.85. The van der Waals surface area contributed by atoms with Crippen LogP contribution in [0.3, 0.4) is 0 Å². The van der Waals surface area contributed by atoms with Gasteiger partial charge in [0.2, 0.25) is 5.91 Å². The molecule has 2 heterocycles.